The molecule has 1 unspecified atom stereocenters. The second-order valence-corrected chi connectivity index (χ2v) is 11.5. The number of aromatic nitrogens is 1. The van der Waals surface area contributed by atoms with Crippen LogP contribution in [0.2, 0.25) is 0 Å². The first-order chi connectivity index (χ1) is 18.7. The van der Waals surface area contributed by atoms with Crippen LogP contribution in [-0.2, 0) is 0 Å². The minimum atomic E-state index is -0.0853. The summed E-state index contributed by atoms with van der Waals surface area (Å²) in [5.41, 5.74) is 12.3. The molecule has 0 radical (unpaired) electrons. The number of aryl methyl sites for hydroxylation is 3. The van der Waals surface area contributed by atoms with Crippen LogP contribution in [0.3, 0.4) is 0 Å². The van der Waals surface area contributed by atoms with Crippen LogP contribution < -0.4 is 5.32 Å². The van der Waals surface area contributed by atoms with Crippen LogP contribution in [0.5, 0.6) is 0 Å². The van der Waals surface area contributed by atoms with Crippen molar-refractivity contribution in [1.82, 2.24) is 4.98 Å². The molecule has 1 aromatic heterocycles. The maximum absolute atomic E-state index is 5.36. The highest BCUT2D eigenvalue weighted by atomic mass is 15.0. The van der Waals surface area contributed by atoms with Gasteiger partial charge < -0.3 is 5.32 Å². The van der Waals surface area contributed by atoms with E-state index in [1.165, 1.54) is 49.8 Å². The molecule has 0 saturated carbocycles. The van der Waals surface area contributed by atoms with Gasteiger partial charge in [0.2, 0.25) is 0 Å². The molecule has 2 heteroatoms. The van der Waals surface area contributed by atoms with E-state index in [4.69, 9.17) is 4.98 Å². The lowest BCUT2D eigenvalue weighted by molar-refractivity contribution is 0.810. The first-order valence-electron chi connectivity index (χ1n) is 14.2. The predicted molar refractivity (Wildman–Crippen MR) is 168 cm³/mol. The Kier molecular flexibility index (Phi) is 7.57. The minimum Gasteiger partial charge on any atom is -0.372 e. The molecule has 1 heterocycles. The minimum absolute atomic E-state index is 0.0853. The molecular weight excluding hydrogens is 472 g/mol. The molecule has 5 rings (SSSR count). The topological polar surface area (TPSA) is 24.9 Å². The van der Waals surface area contributed by atoms with E-state index >= 15 is 0 Å². The molecule has 0 aliphatic rings. The van der Waals surface area contributed by atoms with Gasteiger partial charge in [0.15, 0.2) is 0 Å². The average Bonchev–Trinajstić information content (AvgIpc) is 2.91. The van der Waals surface area contributed by atoms with E-state index in [1.54, 1.807) is 0 Å². The van der Waals surface area contributed by atoms with E-state index in [0.717, 1.165) is 17.0 Å². The van der Waals surface area contributed by atoms with Crippen LogP contribution in [0, 0.1) is 20.8 Å². The van der Waals surface area contributed by atoms with Gasteiger partial charge in [0.25, 0.3) is 0 Å². The summed E-state index contributed by atoms with van der Waals surface area (Å²) in [5, 5.41) is 6.52. The lowest BCUT2D eigenvalue weighted by atomic mass is 9.88. The Labute approximate surface area is 234 Å². The van der Waals surface area contributed by atoms with E-state index < -0.39 is 0 Å². The van der Waals surface area contributed by atoms with E-state index in [1.807, 2.05) is 0 Å². The third kappa shape index (κ3) is 5.34. The number of para-hydroxylation sites is 1. The molecule has 2 nitrogen and oxygen atoms in total. The molecular formula is C37H40N2. The highest BCUT2D eigenvalue weighted by Gasteiger charge is 2.24. The van der Waals surface area contributed by atoms with Crippen molar-refractivity contribution in [3.63, 3.8) is 0 Å². The molecule has 5 aromatic rings. The molecule has 4 aromatic carbocycles. The lowest BCUT2D eigenvalue weighted by Crippen LogP contribution is -2.19. The Morgan fingerprint density at radius 1 is 0.641 bits per heavy atom. The van der Waals surface area contributed by atoms with E-state index in [9.17, 15) is 0 Å². The van der Waals surface area contributed by atoms with E-state index in [-0.39, 0.29) is 6.04 Å². The summed E-state index contributed by atoms with van der Waals surface area (Å²) in [6, 6.07) is 32.8. The fourth-order valence-electron chi connectivity index (χ4n) is 6.01. The molecule has 0 aliphatic heterocycles. The van der Waals surface area contributed by atoms with Gasteiger partial charge in [0.1, 0.15) is 0 Å². The summed E-state index contributed by atoms with van der Waals surface area (Å²) in [5.74, 6) is 0.809. The SMILES string of the molecule is Cc1cc(C)c(C(Nc2c(C(C)C)cccc2C(C)C)c2cccc(-c3cccc4ccccc34)n2)c(C)c1. The van der Waals surface area contributed by atoms with Crippen molar-refractivity contribution in [3.8, 4) is 11.3 Å². The number of hydrogen-bond donors (Lipinski definition) is 1. The van der Waals surface area contributed by atoms with Crippen LogP contribution in [0.25, 0.3) is 22.0 Å². The van der Waals surface area contributed by atoms with Crippen LogP contribution in [0.15, 0.2) is 91.0 Å². The smallest absolute Gasteiger partial charge is 0.0945 e. The van der Waals surface area contributed by atoms with Crippen molar-refractivity contribution in [2.24, 2.45) is 0 Å². The molecule has 0 bridgehead atoms. The van der Waals surface area contributed by atoms with Crippen molar-refractivity contribution in [1.29, 1.82) is 0 Å². The summed E-state index contributed by atoms with van der Waals surface area (Å²) in [6.45, 7) is 15.8. The Bertz CT molecular complexity index is 1570. The van der Waals surface area contributed by atoms with Gasteiger partial charge in [-0.15, -0.1) is 0 Å². The maximum atomic E-state index is 5.36. The zero-order valence-corrected chi connectivity index (χ0v) is 24.3. The summed E-state index contributed by atoms with van der Waals surface area (Å²) >= 11 is 0. The normalized spacial score (nSPS) is 12.3. The van der Waals surface area contributed by atoms with Crippen LogP contribution >= 0.6 is 0 Å². The van der Waals surface area contributed by atoms with E-state index in [0.29, 0.717) is 11.8 Å². The van der Waals surface area contributed by atoms with E-state index in [2.05, 4.69) is 145 Å². The van der Waals surface area contributed by atoms with Crippen molar-refractivity contribution in [3.05, 3.63) is 130 Å². The van der Waals surface area contributed by atoms with Crippen molar-refractivity contribution in [2.75, 3.05) is 5.32 Å². The monoisotopic (exact) mass is 512 g/mol. The zero-order valence-electron chi connectivity index (χ0n) is 24.3. The molecule has 0 aliphatic carbocycles. The van der Waals surface area contributed by atoms with Gasteiger partial charge in [-0.2, -0.15) is 0 Å². The number of benzene rings is 4. The highest BCUT2D eigenvalue weighted by Crippen LogP contribution is 2.39. The zero-order chi connectivity index (χ0) is 27.7. The molecule has 1 N–H and O–H groups in total. The van der Waals surface area contributed by atoms with Crippen molar-refractivity contribution >= 4 is 16.5 Å². The quantitative estimate of drug-likeness (QED) is 0.235. The Hall–Kier alpha value is -3.91. The standard InChI is InChI=1S/C37H40N2/c1-23(2)29-16-11-17-30(24(3)4)36(29)39-37(35-26(6)21-25(5)22-27(35)7)34-20-12-19-33(38-34)32-18-10-14-28-13-8-9-15-31(28)32/h8-24,37,39H,1-7H3. The summed E-state index contributed by atoms with van der Waals surface area (Å²) < 4.78 is 0. The Balaban J connectivity index is 1.72. The Morgan fingerprint density at radius 2 is 1.23 bits per heavy atom. The second kappa shape index (κ2) is 11.1. The van der Waals surface area contributed by atoms with Crippen LogP contribution in [-0.4, -0.2) is 4.98 Å². The summed E-state index contributed by atoms with van der Waals surface area (Å²) in [7, 11) is 0. The average molecular weight is 513 g/mol. The fraction of sp³-hybridized carbons (Fsp3) is 0.270. The fourth-order valence-corrected chi connectivity index (χ4v) is 6.01. The first kappa shape index (κ1) is 26.7. The summed E-state index contributed by atoms with van der Waals surface area (Å²) in [6.07, 6.45) is 0. The molecule has 0 saturated heterocycles. The first-order valence-corrected chi connectivity index (χ1v) is 14.2. The van der Waals surface area contributed by atoms with Crippen LogP contribution in [0.1, 0.15) is 84.6 Å². The van der Waals surface area contributed by atoms with Gasteiger partial charge in [-0.25, -0.2) is 0 Å². The number of nitrogens with one attached hydrogen (secondary N) is 1. The van der Waals surface area contributed by atoms with Crippen molar-refractivity contribution < 1.29 is 0 Å². The number of pyridine rings is 1. The number of anilines is 1. The molecule has 198 valence electrons. The number of hydrogen-bond acceptors (Lipinski definition) is 2. The molecule has 0 amide bonds. The van der Waals surface area contributed by atoms with Gasteiger partial charge in [0.05, 0.1) is 17.4 Å². The lowest BCUT2D eigenvalue weighted by Gasteiger charge is -2.29. The molecule has 1 atom stereocenters. The van der Waals surface area contributed by atoms with Gasteiger partial charge in [-0.3, -0.25) is 4.98 Å². The second-order valence-electron chi connectivity index (χ2n) is 11.5. The third-order valence-corrected chi connectivity index (χ3v) is 7.82. The predicted octanol–water partition coefficient (Wildman–Crippen LogP) is 10.3. The van der Waals surface area contributed by atoms with Gasteiger partial charge in [-0.05, 0) is 83.3 Å². The molecule has 0 fully saturated rings. The van der Waals surface area contributed by atoms with Gasteiger partial charge in [0, 0.05) is 11.3 Å². The molecule has 39 heavy (non-hydrogen) atoms. The number of nitrogens with zero attached hydrogens (tertiary/aromatic N) is 1. The van der Waals surface area contributed by atoms with Gasteiger partial charge >= 0.3 is 0 Å². The summed E-state index contributed by atoms with van der Waals surface area (Å²) in [4.78, 5) is 5.36. The molecule has 0 spiro atoms. The Morgan fingerprint density at radius 3 is 1.90 bits per heavy atom. The van der Waals surface area contributed by atoms with Gasteiger partial charge in [-0.1, -0.05) is 112 Å². The third-order valence-electron chi connectivity index (χ3n) is 7.82. The van der Waals surface area contributed by atoms with Crippen LogP contribution in [0.4, 0.5) is 5.69 Å². The highest BCUT2D eigenvalue weighted by molar-refractivity contribution is 5.95. The maximum Gasteiger partial charge on any atom is 0.0945 e. The largest absolute Gasteiger partial charge is 0.372 e. The number of rotatable bonds is 7. The number of fused-ring (bicyclic) bond motifs is 1. The van der Waals surface area contributed by atoms with Crippen molar-refractivity contribution in [2.45, 2.75) is 66.3 Å².